The SMILES string of the molecule is CC(C)[C@@H]([NH2+]CC(=O)N1CCN(c2ncccn2)CC1)c1ccc(F)cc1. The molecule has 6 nitrogen and oxygen atoms in total. The molecule has 0 unspecified atom stereocenters. The Morgan fingerprint density at radius 2 is 1.74 bits per heavy atom. The van der Waals surface area contributed by atoms with Gasteiger partial charge < -0.3 is 15.1 Å². The van der Waals surface area contributed by atoms with Crippen molar-refractivity contribution in [3.8, 4) is 0 Å². The first-order valence-electron chi connectivity index (χ1n) is 9.43. The predicted octanol–water partition coefficient (Wildman–Crippen LogP) is 1.22. The molecule has 1 saturated heterocycles. The van der Waals surface area contributed by atoms with Crippen molar-refractivity contribution in [2.24, 2.45) is 5.92 Å². The van der Waals surface area contributed by atoms with Crippen molar-refractivity contribution in [2.45, 2.75) is 19.9 Å². The fraction of sp³-hybridized carbons (Fsp3) is 0.450. The predicted molar refractivity (Wildman–Crippen MR) is 102 cm³/mol. The minimum absolute atomic E-state index is 0.133. The standard InChI is InChI=1S/C20H26FN5O/c1-15(2)19(16-4-6-17(21)7-5-16)24-14-18(27)25-10-12-26(13-11-25)20-22-8-3-9-23-20/h3-9,15,19,24H,10-14H2,1-2H3/p+1/t19-/m1/s1. The Kier molecular flexibility index (Phi) is 6.34. The van der Waals surface area contributed by atoms with Crippen molar-refractivity contribution in [1.29, 1.82) is 0 Å². The van der Waals surface area contributed by atoms with Crippen LogP contribution in [0, 0.1) is 11.7 Å². The summed E-state index contributed by atoms with van der Waals surface area (Å²) in [4.78, 5) is 25.2. The Balaban J connectivity index is 1.52. The van der Waals surface area contributed by atoms with Crippen LogP contribution >= 0.6 is 0 Å². The van der Waals surface area contributed by atoms with Gasteiger partial charge in [0.05, 0.1) is 0 Å². The molecular weight excluding hydrogens is 345 g/mol. The summed E-state index contributed by atoms with van der Waals surface area (Å²) in [6.07, 6.45) is 3.46. The number of quaternary nitrogens is 1. The molecule has 7 heteroatoms. The topological polar surface area (TPSA) is 65.9 Å². The van der Waals surface area contributed by atoms with Gasteiger partial charge in [0.1, 0.15) is 11.9 Å². The van der Waals surface area contributed by atoms with Gasteiger partial charge in [-0.15, -0.1) is 0 Å². The van der Waals surface area contributed by atoms with Crippen molar-refractivity contribution in [3.05, 3.63) is 54.1 Å². The Labute approximate surface area is 159 Å². The molecule has 0 saturated carbocycles. The van der Waals surface area contributed by atoms with E-state index in [1.807, 2.05) is 4.90 Å². The fourth-order valence-electron chi connectivity index (χ4n) is 3.45. The molecule has 0 spiro atoms. The van der Waals surface area contributed by atoms with E-state index in [4.69, 9.17) is 0 Å². The summed E-state index contributed by atoms with van der Waals surface area (Å²) < 4.78 is 13.2. The molecule has 3 rings (SSSR count). The van der Waals surface area contributed by atoms with Crippen molar-refractivity contribution in [3.63, 3.8) is 0 Å². The van der Waals surface area contributed by atoms with E-state index in [0.717, 1.165) is 18.7 Å². The number of hydrogen-bond donors (Lipinski definition) is 1. The highest BCUT2D eigenvalue weighted by molar-refractivity contribution is 5.77. The second-order valence-corrected chi connectivity index (χ2v) is 7.18. The Hall–Kier alpha value is -2.54. The minimum atomic E-state index is -0.238. The van der Waals surface area contributed by atoms with Gasteiger partial charge in [-0.3, -0.25) is 4.79 Å². The highest BCUT2D eigenvalue weighted by atomic mass is 19.1. The van der Waals surface area contributed by atoms with E-state index >= 15 is 0 Å². The summed E-state index contributed by atoms with van der Waals surface area (Å²) in [5, 5.41) is 2.06. The molecule has 1 aliphatic rings. The zero-order valence-electron chi connectivity index (χ0n) is 15.9. The number of aromatic nitrogens is 2. The average Bonchev–Trinajstić information content (AvgIpc) is 2.70. The molecule has 144 valence electrons. The lowest BCUT2D eigenvalue weighted by Crippen LogP contribution is -2.88. The molecule has 1 aliphatic heterocycles. The van der Waals surface area contributed by atoms with Crippen LogP contribution in [0.4, 0.5) is 10.3 Å². The molecule has 1 aromatic heterocycles. The third-order valence-corrected chi connectivity index (χ3v) is 4.99. The van der Waals surface area contributed by atoms with Gasteiger partial charge in [0.25, 0.3) is 5.91 Å². The van der Waals surface area contributed by atoms with E-state index in [0.29, 0.717) is 31.5 Å². The Morgan fingerprint density at radius 3 is 2.33 bits per heavy atom. The normalized spacial score (nSPS) is 15.9. The minimum Gasteiger partial charge on any atom is -0.337 e. The second-order valence-electron chi connectivity index (χ2n) is 7.18. The maximum atomic E-state index is 13.2. The zero-order valence-corrected chi connectivity index (χ0v) is 15.9. The van der Waals surface area contributed by atoms with Gasteiger partial charge in [-0.05, 0) is 18.2 Å². The number of rotatable bonds is 6. The van der Waals surface area contributed by atoms with Crippen molar-refractivity contribution < 1.29 is 14.5 Å². The largest absolute Gasteiger partial charge is 0.337 e. The summed E-state index contributed by atoms with van der Waals surface area (Å²) in [6, 6.07) is 8.50. The molecule has 0 radical (unpaired) electrons. The summed E-state index contributed by atoms with van der Waals surface area (Å²) in [5.74, 6) is 0.955. The maximum absolute atomic E-state index is 13.2. The molecule has 27 heavy (non-hydrogen) atoms. The molecule has 1 amide bonds. The smallest absolute Gasteiger partial charge is 0.277 e. The third-order valence-electron chi connectivity index (χ3n) is 4.99. The average molecular weight is 372 g/mol. The van der Waals surface area contributed by atoms with Crippen LogP contribution in [0.3, 0.4) is 0 Å². The summed E-state index contributed by atoms with van der Waals surface area (Å²) in [6.45, 7) is 7.45. The highest BCUT2D eigenvalue weighted by Gasteiger charge is 2.26. The van der Waals surface area contributed by atoms with Crippen LogP contribution in [0.15, 0.2) is 42.7 Å². The van der Waals surface area contributed by atoms with Crippen LogP contribution in [0.1, 0.15) is 25.5 Å². The zero-order chi connectivity index (χ0) is 19.2. The van der Waals surface area contributed by atoms with Crippen LogP contribution in [-0.4, -0.2) is 53.5 Å². The van der Waals surface area contributed by atoms with Crippen LogP contribution < -0.4 is 10.2 Å². The first-order chi connectivity index (χ1) is 13.0. The third kappa shape index (κ3) is 5.01. The Bertz CT molecular complexity index is 730. The molecule has 2 aromatic rings. The van der Waals surface area contributed by atoms with E-state index in [1.165, 1.54) is 12.1 Å². The van der Waals surface area contributed by atoms with E-state index < -0.39 is 0 Å². The van der Waals surface area contributed by atoms with Gasteiger partial charge >= 0.3 is 0 Å². The maximum Gasteiger partial charge on any atom is 0.277 e. The number of hydrogen-bond acceptors (Lipinski definition) is 4. The van der Waals surface area contributed by atoms with Crippen molar-refractivity contribution in [1.82, 2.24) is 14.9 Å². The van der Waals surface area contributed by atoms with E-state index in [-0.39, 0.29) is 17.8 Å². The van der Waals surface area contributed by atoms with Crippen LogP contribution in [0.2, 0.25) is 0 Å². The van der Waals surface area contributed by atoms with E-state index in [2.05, 4.69) is 34.0 Å². The van der Waals surface area contributed by atoms with E-state index in [1.54, 1.807) is 30.6 Å². The molecule has 2 N–H and O–H groups in total. The molecule has 0 bridgehead atoms. The number of amides is 1. The number of carbonyl (C=O) groups excluding carboxylic acids is 1. The molecule has 1 fully saturated rings. The quantitative estimate of drug-likeness (QED) is 0.828. The van der Waals surface area contributed by atoms with E-state index in [9.17, 15) is 9.18 Å². The monoisotopic (exact) mass is 372 g/mol. The van der Waals surface area contributed by atoms with Gasteiger partial charge in [0, 0.05) is 50.1 Å². The lowest BCUT2D eigenvalue weighted by atomic mass is 9.96. The fourth-order valence-corrected chi connectivity index (χ4v) is 3.45. The number of carbonyl (C=O) groups is 1. The number of halogens is 1. The lowest BCUT2D eigenvalue weighted by molar-refractivity contribution is -0.692. The first-order valence-corrected chi connectivity index (χ1v) is 9.43. The molecule has 0 aliphatic carbocycles. The summed E-state index contributed by atoms with van der Waals surface area (Å²) in [5.41, 5.74) is 1.05. The molecular formula is C20H27FN5O+. The van der Waals surface area contributed by atoms with Gasteiger partial charge in [0.2, 0.25) is 5.95 Å². The van der Waals surface area contributed by atoms with Crippen molar-refractivity contribution >= 4 is 11.9 Å². The van der Waals surface area contributed by atoms with Crippen LogP contribution in [-0.2, 0) is 4.79 Å². The van der Waals surface area contributed by atoms with Gasteiger partial charge in [-0.1, -0.05) is 26.0 Å². The first kappa shape index (κ1) is 19.2. The number of anilines is 1. The summed E-state index contributed by atoms with van der Waals surface area (Å²) in [7, 11) is 0. The molecule has 2 heterocycles. The van der Waals surface area contributed by atoms with Gasteiger partial charge in [0.15, 0.2) is 6.54 Å². The molecule has 1 aromatic carbocycles. The summed E-state index contributed by atoms with van der Waals surface area (Å²) >= 11 is 0. The van der Waals surface area contributed by atoms with Crippen LogP contribution in [0.5, 0.6) is 0 Å². The van der Waals surface area contributed by atoms with Gasteiger partial charge in [-0.2, -0.15) is 0 Å². The van der Waals surface area contributed by atoms with Crippen molar-refractivity contribution in [2.75, 3.05) is 37.6 Å². The number of piperazine rings is 1. The Morgan fingerprint density at radius 1 is 1.11 bits per heavy atom. The second kappa shape index (κ2) is 8.90. The van der Waals surface area contributed by atoms with Crippen LogP contribution in [0.25, 0.3) is 0 Å². The number of benzene rings is 1. The number of nitrogens with two attached hydrogens (primary N) is 1. The molecule has 1 atom stereocenters. The highest BCUT2D eigenvalue weighted by Crippen LogP contribution is 2.18. The lowest BCUT2D eigenvalue weighted by Gasteiger charge is -2.34. The number of nitrogens with zero attached hydrogens (tertiary/aromatic N) is 4. The van der Waals surface area contributed by atoms with Gasteiger partial charge in [-0.25, -0.2) is 14.4 Å².